The minimum atomic E-state index is -3.22. The Bertz CT molecular complexity index is 1370. The van der Waals surface area contributed by atoms with E-state index in [0.29, 0.717) is 11.1 Å². The Morgan fingerprint density at radius 2 is 1.83 bits per heavy atom. The Labute approximate surface area is 208 Å². The molecule has 4 aromatic rings. The van der Waals surface area contributed by atoms with Crippen LogP contribution in [-0.4, -0.2) is 58.4 Å². The summed E-state index contributed by atoms with van der Waals surface area (Å²) in [5.41, 5.74) is 2.73. The van der Waals surface area contributed by atoms with Crippen molar-refractivity contribution in [3.8, 4) is 16.5 Å². The molecule has 1 aliphatic rings. The summed E-state index contributed by atoms with van der Waals surface area (Å²) in [6.45, 7) is 6.02. The van der Waals surface area contributed by atoms with Crippen molar-refractivity contribution in [2.45, 2.75) is 44.1 Å². The molecule has 0 N–H and O–H groups in total. The van der Waals surface area contributed by atoms with Crippen LogP contribution >= 0.6 is 11.3 Å². The Hall–Kier alpha value is -3.05. The van der Waals surface area contributed by atoms with E-state index in [1.165, 1.54) is 17.6 Å². The lowest BCUT2D eigenvalue weighted by atomic mass is 9.92. The Morgan fingerprint density at radius 3 is 2.43 bits per heavy atom. The van der Waals surface area contributed by atoms with Gasteiger partial charge in [0.2, 0.25) is 10.9 Å². The highest BCUT2D eigenvalue weighted by Crippen LogP contribution is 2.30. The number of rotatable bonds is 7. The van der Waals surface area contributed by atoms with Gasteiger partial charge in [0.05, 0.1) is 16.8 Å². The number of ether oxygens (including phenoxy) is 1. The number of imidazole rings is 1. The van der Waals surface area contributed by atoms with E-state index in [1.807, 2.05) is 18.6 Å². The highest BCUT2D eigenvalue weighted by atomic mass is 32.2. The molecule has 4 heterocycles. The van der Waals surface area contributed by atoms with E-state index < -0.39 is 9.84 Å². The minimum Gasteiger partial charge on any atom is -0.466 e. The fourth-order valence-corrected chi connectivity index (χ4v) is 5.71. The van der Waals surface area contributed by atoms with Crippen molar-refractivity contribution in [1.29, 1.82) is 0 Å². The largest absolute Gasteiger partial charge is 0.466 e. The summed E-state index contributed by atoms with van der Waals surface area (Å²) >= 11 is 1.41. The van der Waals surface area contributed by atoms with Gasteiger partial charge in [-0.1, -0.05) is 19.1 Å². The van der Waals surface area contributed by atoms with Gasteiger partial charge in [-0.25, -0.2) is 27.9 Å². The van der Waals surface area contributed by atoms with Crippen LogP contribution in [0, 0.1) is 5.92 Å². The average Bonchev–Trinajstić information content (AvgIpc) is 3.42. The van der Waals surface area contributed by atoms with Crippen LogP contribution in [0.1, 0.15) is 32.3 Å². The van der Waals surface area contributed by atoms with E-state index in [0.717, 1.165) is 60.1 Å². The monoisotopic (exact) mass is 512 g/mol. The lowest BCUT2D eigenvalue weighted by Gasteiger charge is -2.34. The van der Waals surface area contributed by atoms with E-state index in [9.17, 15) is 8.42 Å². The van der Waals surface area contributed by atoms with E-state index >= 15 is 0 Å². The van der Waals surface area contributed by atoms with Crippen LogP contribution < -0.4 is 9.64 Å². The van der Waals surface area contributed by atoms with Crippen LogP contribution in [0.2, 0.25) is 0 Å². The summed E-state index contributed by atoms with van der Waals surface area (Å²) in [6, 6.07) is 6.72. The van der Waals surface area contributed by atoms with Gasteiger partial charge in [0, 0.05) is 37.3 Å². The number of aryl methyl sites for hydroxylation is 1. The number of benzene rings is 1. The maximum Gasteiger partial charge on any atom is 0.294 e. The molecule has 0 radical (unpaired) electrons. The average molecular weight is 513 g/mol. The number of sulfone groups is 1. The number of hydrogen-bond donors (Lipinski definition) is 0. The molecule has 0 aliphatic carbocycles. The first kappa shape index (κ1) is 23.7. The lowest BCUT2D eigenvalue weighted by Crippen LogP contribution is -2.39. The zero-order chi connectivity index (χ0) is 24.6. The first-order chi connectivity index (χ1) is 16.8. The van der Waals surface area contributed by atoms with E-state index in [-0.39, 0.29) is 11.0 Å². The Kier molecular flexibility index (Phi) is 6.45. The molecule has 1 aromatic carbocycles. The normalized spacial score (nSPS) is 16.0. The van der Waals surface area contributed by atoms with Gasteiger partial charge in [0.1, 0.15) is 6.10 Å². The predicted octanol–water partition coefficient (Wildman–Crippen LogP) is 3.90. The van der Waals surface area contributed by atoms with Crippen molar-refractivity contribution in [2.75, 3.05) is 24.2 Å². The Morgan fingerprint density at radius 1 is 1.14 bits per heavy atom. The minimum absolute atomic E-state index is 0.0411. The number of aromatic nitrogens is 5. The number of fused-ring (bicyclic) bond motifs is 1. The molecule has 11 heteroatoms. The molecule has 1 saturated heterocycles. The van der Waals surface area contributed by atoms with Crippen LogP contribution in [0.25, 0.3) is 16.2 Å². The van der Waals surface area contributed by atoms with Gasteiger partial charge in [-0.2, -0.15) is 0 Å². The highest BCUT2D eigenvalue weighted by molar-refractivity contribution is 7.90. The molecule has 0 unspecified atom stereocenters. The van der Waals surface area contributed by atoms with Crippen LogP contribution in [-0.2, 0) is 16.3 Å². The second-order valence-electron chi connectivity index (χ2n) is 8.91. The van der Waals surface area contributed by atoms with Gasteiger partial charge < -0.3 is 9.64 Å². The molecule has 184 valence electrons. The molecule has 35 heavy (non-hydrogen) atoms. The third-order valence-corrected chi connectivity index (χ3v) is 8.42. The van der Waals surface area contributed by atoms with Crippen molar-refractivity contribution in [1.82, 2.24) is 24.6 Å². The fourth-order valence-electron chi connectivity index (χ4n) is 4.26. The number of nitrogens with zero attached hydrogens (tertiary/aromatic N) is 6. The third-order valence-electron chi connectivity index (χ3n) is 6.48. The Balaban J connectivity index is 1.19. The predicted molar refractivity (Wildman–Crippen MR) is 136 cm³/mol. The SMILES string of the molecule is CCc1cnc(N2CCC([C@H](C)Oc3nn4cc(-c5ccc(S(C)(=O)=O)cc5)nc4s3)CC2)nc1. The van der Waals surface area contributed by atoms with Gasteiger partial charge >= 0.3 is 0 Å². The molecule has 1 aliphatic heterocycles. The molecule has 1 fully saturated rings. The molecule has 1 atom stereocenters. The summed E-state index contributed by atoms with van der Waals surface area (Å²) in [5.74, 6) is 1.23. The molecule has 9 nitrogen and oxygen atoms in total. The molecule has 3 aromatic heterocycles. The maximum absolute atomic E-state index is 11.7. The third kappa shape index (κ3) is 5.15. The molecule has 0 spiro atoms. The van der Waals surface area contributed by atoms with E-state index in [1.54, 1.807) is 28.8 Å². The molecule has 5 rings (SSSR count). The van der Waals surface area contributed by atoms with Crippen LogP contribution in [0.5, 0.6) is 5.19 Å². The highest BCUT2D eigenvalue weighted by Gasteiger charge is 2.27. The first-order valence-corrected chi connectivity index (χ1v) is 14.4. The van der Waals surface area contributed by atoms with Crippen molar-refractivity contribution in [3.05, 3.63) is 48.4 Å². The van der Waals surface area contributed by atoms with Gasteiger partial charge in [0.25, 0.3) is 5.19 Å². The topological polar surface area (TPSA) is 103 Å². The van der Waals surface area contributed by atoms with Crippen LogP contribution in [0.15, 0.2) is 47.8 Å². The fraction of sp³-hybridized carbons (Fsp3) is 0.417. The van der Waals surface area contributed by atoms with Crippen molar-refractivity contribution in [2.24, 2.45) is 5.92 Å². The second kappa shape index (κ2) is 9.54. The summed E-state index contributed by atoms with van der Waals surface area (Å²) in [5, 5.41) is 5.15. The van der Waals surface area contributed by atoms with Crippen molar-refractivity contribution < 1.29 is 13.2 Å². The summed E-state index contributed by atoms with van der Waals surface area (Å²) in [6.07, 6.45) is 9.86. The summed E-state index contributed by atoms with van der Waals surface area (Å²) in [4.78, 5) is 16.9. The molecule has 0 saturated carbocycles. The van der Waals surface area contributed by atoms with Gasteiger partial charge in [-0.3, -0.25) is 0 Å². The lowest BCUT2D eigenvalue weighted by molar-refractivity contribution is 0.131. The van der Waals surface area contributed by atoms with Crippen molar-refractivity contribution >= 4 is 32.1 Å². The van der Waals surface area contributed by atoms with E-state index in [4.69, 9.17) is 4.74 Å². The molecular weight excluding hydrogens is 484 g/mol. The summed E-state index contributed by atoms with van der Waals surface area (Å²) < 4.78 is 31.3. The number of piperidine rings is 1. The second-order valence-corrected chi connectivity index (χ2v) is 11.8. The first-order valence-electron chi connectivity index (χ1n) is 11.7. The van der Waals surface area contributed by atoms with Crippen LogP contribution in [0.3, 0.4) is 0 Å². The van der Waals surface area contributed by atoms with E-state index in [2.05, 4.69) is 38.8 Å². The molecular formula is C24H28N6O3S2. The van der Waals surface area contributed by atoms with Gasteiger partial charge in [0.15, 0.2) is 9.84 Å². The zero-order valence-electron chi connectivity index (χ0n) is 20.0. The number of anilines is 1. The maximum atomic E-state index is 11.7. The quantitative estimate of drug-likeness (QED) is 0.367. The summed E-state index contributed by atoms with van der Waals surface area (Å²) in [7, 11) is -3.22. The van der Waals surface area contributed by atoms with Crippen molar-refractivity contribution in [3.63, 3.8) is 0 Å². The molecule has 0 amide bonds. The van der Waals surface area contributed by atoms with Gasteiger partial charge in [-0.15, -0.1) is 5.10 Å². The number of hydrogen-bond acceptors (Lipinski definition) is 9. The smallest absolute Gasteiger partial charge is 0.294 e. The zero-order valence-corrected chi connectivity index (χ0v) is 21.6. The van der Waals surface area contributed by atoms with Gasteiger partial charge in [-0.05, 0) is 61.1 Å². The molecule has 0 bridgehead atoms. The van der Waals surface area contributed by atoms with Crippen LogP contribution in [0.4, 0.5) is 5.95 Å². The standard InChI is InChI=1S/C24H28N6O3S2/c1-4-17-13-25-22(26-14-17)29-11-9-18(10-12-29)16(2)33-24-28-30-15-21(27-23(30)34-24)19-5-7-20(8-6-19)35(3,31)32/h5-8,13-16,18H,4,9-12H2,1-3H3/t16-/m0/s1.